The van der Waals surface area contributed by atoms with Gasteiger partial charge in [0.15, 0.2) is 0 Å². The second kappa shape index (κ2) is 7.05. The van der Waals surface area contributed by atoms with Gasteiger partial charge in [-0.25, -0.2) is 13.1 Å². The molecule has 2 rings (SSSR count). The van der Waals surface area contributed by atoms with Gasteiger partial charge in [0.05, 0.1) is 5.25 Å². The Kier molecular flexibility index (Phi) is 5.64. The molecule has 1 aliphatic carbocycles. The minimum absolute atomic E-state index is 0.344. The van der Waals surface area contributed by atoms with Crippen molar-refractivity contribution in [2.75, 3.05) is 19.6 Å². The third-order valence-electron chi connectivity index (χ3n) is 4.44. The van der Waals surface area contributed by atoms with Gasteiger partial charge in [-0.05, 0) is 58.4 Å². The molecule has 1 fully saturated rings. The van der Waals surface area contributed by atoms with Crippen LogP contribution >= 0.6 is 0 Å². The van der Waals surface area contributed by atoms with Crippen molar-refractivity contribution in [1.82, 2.24) is 9.62 Å². The van der Waals surface area contributed by atoms with Gasteiger partial charge in [0.25, 0.3) is 0 Å². The van der Waals surface area contributed by atoms with Crippen LogP contribution in [0, 0.1) is 5.92 Å². The summed E-state index contributed by atoms with van der Waals surface area (Å²) in [6.45, 7) is 6.22. The molecule has 1 heterocycles. The zero-order chi connectivity index (χ0) is 14.6. The van der Waals surface area contributed by atoms with Gasteiger partial charge in [0, 0.05) is 19.1 Å². The van der Waals surface area contributed by atoms with E-state index in [0.717, 1.165) is 19.5 Å². The van der Waals surface area contributed by atoms with Crippen molar-refractivity contribution in [2.24, 2.45) is 5.92 Å². The van der Waals surface area contributed by atoms with Crippen LogP contribution in [0.15, 0.2) is 12.2 Å². The maximum atomic E-state index is 11.8. The number of hydrogen-bond acceptors (Lipinski definition) is 3. The smallest absolute Gasteiger partial charge is 0.213 e. The molecule has 1 aliphatic heterocycles. The highest BCUT2D eigenvalue weighted by Crippen LogP contribution is 2.23. The Bertz CT molecular complexity index is 431. The van der Waals surface area contributed by atoms with Crippen LogP contribution in [0.1, 0.15) is 46.0 Å². The van der Waals surface area contributed by atoms with Gasteiger partial charge in [-0.1, -0.05) is 12.2 Å². The fourth-order valence-electron chi connectivity index (χ4n) is 3.06. The van der Waals surface area contributed by atoms with Crippen molar-refractivity contribution in [3.05, 3.63) is 12.2 Å². The second-order valence-electron chi connectivity index (χ2n) is 6.37. The summed E-state index contributed by atoms with van der Waals surface area (Å²) in [6.07, 6.45) is 10.7. The molecule has 0 unspecified atom stereocenters. The molecular weight excluding hydrogens is 272 g/mol. The quantitative estimate of drug-likeness (QED) is 0.791. The predicted octanol–water partition coefficient (Wildman–Crippen LogP) is 2.13. The van der Waals surface area contributed by atoms with Gasteiger partial charge < -0.3 is 0 Å². The van der Waals surface area contributed by atoms with Crippen molar-refractivity contribution >= 4 is 10.0 Å². The number of hydrogen-bond donors (Lipinski definition) is 1. The summed E-state index contributed by atoms with van der Waals surface area (Å²) in [6, 6.07) is 0.577. The Morgan fingerprint density at radius 1 is 1.30 bits per heavy atom. The molecule has 0 aromatic heterocycles. The molecule has 5 heteroatoms. The molecule has 0 radical (unpaired) electrons. The number of sulfonamides is 1. The molecule has 2 atom stereocenters. The van der Waals surface area contributed by atoms with E-state index in [1.165, 1.54) is 25.7 Å². The summed E-state index contributed by atoms with van der Waals surface area (Å²) in [4.78, 5) is 2.54. The number of rotatable bonds is 5. The lowest BCUT2D eigenvalue weighted by Gasteiger charge is -2.38. The number of nitrogens with one attached hydrogen (secondary N) is 1. The fourth-order valence-corrected chi connectivity index (χ4v) is 3.87. The highest BCUT2D eigenvalue weighted by atomic mass is 32.2. The summed E-state index contributed by atoms with van der Waals surface area (Å²) >= 11 is 0. The highest BCUT2D eigenvalue weighted by molar-refractivity contribution is 7.90. The van der Waals surface area contributed by atoms with Crippen LogP contribution in [0.5, 0.6) is 0 Å². The first-order chi connectivity index (χ1) is 9.49. The molecule has 0 amide bonds. The SMILES string of the molecule is CC(C)S(=O)(=O)NC[C@@H]1CCCN([C@@H]2C=CCCC2)C1. The Hall–Kier alpha value is -0.390. The van der Waals surface area contributed by atoms with Crippen LogP contribution in [0.25, 0.3) is 0 Å². The van der Waals surface area contributed by atoms with Crippen molar-refractivity contribution in [1.29, 1.82) is 0 Å². The molecule has 1 N–H and O–H groups in total. The molecular formula is C15H28N2O2S. The van der Waals surface area contributed by atoms with Crippen molar-refractivity contribution in [3.63, 3.8) is 0 Å². The van der Waals surface area contributed by atoms with E-state index in [-0.39, 0.29) is 5.25 Å². The third kappa shape index (κ3) is 4.30. The summed E-state index contributed by atoms with van der Waals surface area (Å²) in [5.74, 6) is 0.451. The molecule has 1 saturated heterocycles. The number of allylic oxidation sites excluding steroid dienone is 1. The average molecular weight is 300 g/mol. The molecule has 0 saturated carbocycles. The van der Waals surface area contributed by atoms with E-state index in [4.69, 9.17) is 0 Å². The van der Waals surface area contributed by atoms with Crippen LogP contribution in [0.2, 0.25) is 0 Å². The third-order valence-corrected chi connectivity index (χ3v) is 6.25. The van der Waals surface area contributed by atoms with Crippen molar-refractivity contribution in [2.45, 2.75) is 57.2 Å². The first-order valence-electron chi connectivity index (χ1n) is 7.88. The summed E-state index contributed by atoms with van der Waals surface area (Å²) in [7, 11) is -3.12. The maximum Gasteiger partial charge on any atom is 0.213 e. The number of likely N-dealkylation sites (tertiary alicyclic amines) is 1. The molecule has 0 aromatic carbocycles. The molecule has 20 heavy (non-hydrogen) atoms. The Balaban J connectivity index is 1.84. The monoisotopic (exact) mass is 300 g/mol. The van der Waals surface area contributed by atoms with E-state index in [1.807, 2.05) is 0 Å². The minimum Gasteiger partial charge on any atom is -0.297 e. The minimum atomic E-state index is -3.12. The lowest BCUT2D eigenvalue weighted by atomic mass is 9.94. The standard InChI is InChI=1S/C15H28N2O2S/c1-13(2)20(18,19)16-11-14-7-6-10-17(12-14)15-8-4-3-5-9-15/h4,8,13-16H,3,5-7,9-12H2,1-2H3/t14-,15+/m0/s1. The van der Waals surface area contributed by atoms with Crippen LogP contribution in [0.4, 0.5) is 0 Å². The Labute approximate surface area is 123 Å². The van der Waals surface area contributed by atoms with Gasteiger partial charge in [0.2, 0.25) is 10.0 Å². The van der Waals surface area contributed by atoms with E-state index in [2.05, 4.69) is 21.8 Å². The molecule has 116 valence electrons. The predicted molar refractivity (Wildman–Crippen MR) is 83.1 cm³/mol. The lowest BCUT2D eigenvalue weighted by Crippen LogP contribution is -2.46. The van der Waals surface area contributed by atoms with Gasteiger partial charge >= 0.3 is 0 Å². The summed E-state index contributed by atoms with van der Waals surface area (Å²) in [5, 5.41) is -0.344. The first kappa shape index (κ1) is 16.0. The number of nitrogens with zero attached hydrogens (tertiary/aromatic N) is 1. The van der Waals surface area contributed by atoms with Gasteiger partial charge in [-0.2, -0.15) is 0 Å². The van der Waals surface area contributed by atoms with E-state index in [0.29, 0.717) is 18.5 Å². The average Bonchev–Trinajstić information content (AvgIpc) is 2.46. The van der Waals surface area contributed by atoms with E-state index in [1.54, 1.807) is 13.8 Å². The molecule has 0 bridgehead atoms. The Morgan fingerprint density at radius 3 is 2.75 bits per heavy atom. The Morgan fingerprint density at radius 2 is 2.10 bits per heavy atom. The second-order valence-corrected chi connectivity index (χ2v) is 8.69. The maximum absolute atomic E-state index is 11.8. The van der Waals surface area contributed by atoms with Crippen LogP contribution in [-0.2, 0) is 10.0 Å². The zero-order valence-corrected chi connectivity index (χ0v) is 13.5. The largest absolute Gasteiger partial charge is 0.297 e. The van der Waals surface area contributed by atoms with Crippen LogP contribution in [0.3, 0.4) is 0 Å². The van der Waals surface area contributed by atoms with Crippen molar-refractivity contribution < 1.29 is 8.42 Å². The molecule has 0 spiro atoms. The molecule has 0 aromatic rings. The lowest BCUT2D eigenvalue weighted by molar-refractivity contribution is 0.137. The molecule has 2 aliphatic rings. The normalized spacial score (nSPS) is 28.9. The van der Waals surface area contributed by atoms with E-state index < -0.39 is 10.0 Å². The first-order valence-corrected chi connectivity index (χ1v) is 9.43. The van der Waals surface area contributed by atoms with E-state index in [9.17, 15) is 8.42 Å². The van der Waals surface area contributed by atoms with Crippen molar-refractivity contribution in [3.8, 4) is 0 Å². The van der Waals surface area contributed by atoms with Crippen LogP contribution in [-0.4, -0.2) is 44.2 Å². The number of piperidine rings is 1. The zero-order valence-electron chi connectivity index (χ0n) is 12.7. The topological polar surface area (TPSA) is 49.4 Å². The fraction of sp³-hybridized carbons (Fsp3) is 0.867. The highest BCUT2D eigenvalue weighted by Gasteiger charge is 2.26. The van der Waals surface area contributed by atoms with Gasteiger partial charge in [-0.15, -0.1) is 0 Å². The van der Waals surface area contributed by atoms with Crippen LogP contribution < -0.4 is 4.72 Å². The summed E-state index contributed by atoms with van der Waals surface area (Å²) in [5.41, 5.74) is 0. The van der Waals surface area contributed by atoms with E-state index >= 15 is 0 Å². The molecule has 4 nitrogen and oxygen atoms in total. The summed E-state index contributed by atoms with van der Waals surface area (Å²) < 4.78 is 26.4. The van der Waals surface area contributed by atoms with Gasteiger partial charge in [0.1, 0.15) is 0 Å². The van der Waals surface area contributed by atoms with Gasteiger partial charge in [-0.3, -0.25) is 4.90 Å².